The van der Waals surface area contributed by atoms with E-state index in [0.717, 1.165) is 32.4 Å². The summed E-state index contributed by atoms with van der Waals surface area (Å²) in [5.74, 6) is -0.631. The van der Waals surface area contributed by atoms with Gasteiger partial charge in [-0.3, -0.25) is 14.5 Å². The molecule has 0 aromatic carbocycles. The molecule has 0 aliphatic carbocycles. The Morgan fingerprint density at radius 2 is 2.22 bits per heavy atom. The summed E-state index contributed by atoms with van der Waals surface area (Å²) >= 11 is 0. The highest BCUT2D eigenvalue weighted by atomic mass is 16.5. The Morgan fingerprint density at radius 3 is 2.91 bits per heavy atom. The molecule has 1 aliphatic rings. The number of carbonyl (C=O) groups excluding carboxylic acids is 2. The summed E-state index contributed by atoms with van der Waals surface area (Å²) in [4.78, 5) is 25.7. The second kappa shape index (κ2) is 8.05. The van der Waals surface area contributed by atoms with E-state index in [2.05, 4.69) is 19.9 Å². The number of carbonyl (C=O) groups is 2. The highest BCUT2D eigenvalue weighted by Crippen LogP contribution is 2.21. The topological polar surface area (TPSA) is 86.5 Å². The highest BCUT2D eigenvalue weighted by molar-refractivity contribution is 5.76. The standard InChI is InChI=1S/C15H24N4O4/c1-4-18-8-6-5-7-13(18)15(21)23-11(2)12-9-19(17-16-12)10-14(20)22-3/h9,11,13H,4-8,10H2,1-3H3/t11-,13+/m1/s1. The van der Waals surface area contributed by atoms with Crippen molar-refractivity contribution in [1.29, 1.82) is 0 Å². The van der Waals surface area contributed by atoms with Crippen molar-refractivity contribution < 1.29 is 19.1 Å². The molecule has 1 saturated heterocycles. The Kier molecular flexibility index (Phi) is 6.09. The first kappa shape index (κ1) is 17.4. The van der Waals surface area contributed by atoms with Gasteiger partial charge in [0.1, 0.15) is 24.4 Å². The van der Waals surface area contributed by atoms with Crippen molar-refractivity contribution in [3.63, 3.8) is 0 Å². The van der Waals surface area contributed by atoms with Crippen molar-refractivity contribution in [2.24, 2.45) is 0 Å². The Balaban J connectivity index is 1.94. The fourth-order valence-electron chi connectivity index (χ4n) is 2.72. The van der Waals surface area contributed by atoms with Gasteiger partial charge in [-0.25, -0.2) is 4.68 Å². The van der Waals surface area contributed by atoms with E-state index in [-0.39, 0.29) is 18.6 Å². The van der Waals surface area contributed by atoms with Gasteiger partial charge in [0.25, 0.3) is 0 Å². The van der Waals surface area contributed by atoms with E-state index in [1.807, 2.05) is 6.92 Å². The molecule has 1 aromatic rings. The number of rotatable bonds is 6. The van der Waals surface area contributed by atoms with Crippen LogP contribution in [0.2, 0.25) is 0 Å². The monoisotopic (exact) mass is 324 g/mol. The molecule has 0 N–H and O–H groups in total. The number of likely N-dealkylation sites (N-methyl/N-ethyl adjacent to an activating group) is 1. The lowest BCUT2D eigenvalue weighted by Crippen LogP contribution is -2.45. The lowest BCUT2D eigenvalue weighted by atomic mass is 10.0. The summed E-state index contributed by atoms with van der Waals surface area (Å²) < 4.78 is 11.5. The molecule has 0 bridgehead atoms. The zero-order chi connectivity index (χ0) is 16.8. The molecule has 2 atom stereocenters. The van der Waals surface area contributed by atoms with Crippen LogP contribution in [0.3, 0.4) is 0 Å². The van der Waals surface area contributed by atoms with Crippen molar-refractivity contribution in [3.8, 4) is 0 Å². The molecule has 0 saturated carbocycles. The largest absolute Gasteiger partial charge is 0.468 e. The molecule has 0 radical (unpaired) electrons. The molecular weight excluding hydrogens is 300 g/mol. The minimum atomic E-state index is -0.505. The van der Waals surface area contributed by atoms with Gasteiger partial charge in [-0.2, -0.15) is 0 Å². The first-order valence-corrected chi connectivity index (χ1v) is 7.96. The maximum atomic E-state index is 12.4. The first-order valence-electron chi connectivity index (χ1n) is 7.96. The molecule has 8 nitrogen and oxygen atoms in total. The number of piperidine rings is 1. The van der Waals surface area contributed by atoms with Gasteiger partial charge in [0.2, 0.25) is 0 Å². The fraction of sp³-hybridized carbons (Fsp3) is 0.733. The van der Waals surface area contributed by atoms with Crippen LogP contribution < -0.4 is 0 Å². The Hall–Kier alpha value is -1.96. The minimum absolute atomic E-state index is 0.0175. The Morgan fingerprint density at radius 1 is 1.43 bits per heavy atom. The molecule has 1 aliphatic heterocycles. The van der Waals surface area contributed by atoms with E-state index in [4.69, 9.17) is 4.74 Å². The average molecular weight is 324 g/mol. The minimum Gasteiger partial charge on any atom is -0.468 e. The SMILES string of the molecule is CCN1CCCC[C@H]1C(=O)O[C@H](C)c1cn(CC(=O)OC)nn1. The summed E-state index contributed by atoms with van der Waals surface area (Å²) in [7, 11) is 1.31. The smallest absolute Gasteiger partial charge is 0.327 e. The average Bonchev–Trinajstić information content (AvgIpc) is 3.03. The number of ether oxygens (including phenoxy) is 2. The zero-order valence-corrected chi connectivity index (χ0v) is 13.9. The molecule has 0 unspecified atom stereocenters. The second-order valence-electron chi connectivity index (χ2n) is 5.64. The quantitative estimate of drug-likeness (QED) is 0.719. The van der Waals surface area contributed by atoms with Gasteiger partial charge in [-0.05, 0) is 32.9 Å². The molecule has 0 spiro atoms. The summed E-state index contributed by atoms with van der Waals surface area (Å²) in [6, 6.07) is -0.179. The number of hydrogen-bond donors (Lipinski definition) is 0. The third kappa shape index (κ3) is 4.51. The van der Waals surface area contributed by atoms with Crippen LogP contribution in [-0.2, 0) is 25.6 Å². The van der Waals surface area contributed by atoms with Gasteiger partial charge < -0.3 is 9.47 Å². The summed E-state index contributed by atoms with van der Waals surface area (Å²) in [6.45, 7) is 5.55. The van der Waals surface area contributed by atoms with E-state index in [1.54, 1.807) is 13.1 Å². The van der Waals surface area contributed by atoms with Crippen LogP contribution in [0.15, 0.2) is 6.20 Å². The molecule has 2 heterocycles. The normalized spacial score (nSPS) is 20.0. The van der Waals surface area contributed by atoms with E-state index >= 15 is 0 Å². The van der Waals surface area contributed by atoms with Crippen molar-refractivity contribution in [2.75, 3.05) is 20.2 Å². The van der Waals surface area contributed by atoms with Crippen LogP contribution >= 0.6 is 0 Å². The van der Waals surface area contributed by atoms with Crippen molar-refractivity contribution in [2.45, 2.75) is 51.8 Å². The van der Waals surface area contributed by atoms with Gasteiger partial charge in [-0.1, -0.05) is 18.6 Å². The molecule has 1 aromatic heterocycles. The predicted molar refractivity (Wildman–Crippen MR) is 81.4 cm³/mol. The van der Waals surface area contributed by atoms with Crippen LogP contribution in [0.4, 0.5) is 0 Å². The van der Waals surface area contributed by atoms with Crippen molar-refractivity contribution in [3.05, 3.63) is 11.9 Å². The summed E-state index contributed by atoms with van der Waals surface area (Å²) in [6.07, 6.45) is 4.08. The fourth-order valence-corrected chi connectivity index (χ4v) is 2.72. The van der Waals surface area contributed by atoms with Crippen LogP contribution in [0.1, 0.15) is 44.9 Å². The molecule has 8 heteroatoms. The van der Waals surface area contributed by atoms with Gasteiger partial charge >= 0.3 is 11.9 Å². The van der Waals surface area contributed by atoms with Gasteiger partial charge in [-0.15, -0.1) is 5.10 Å². The van der Waals surface area contributed by atoms with Crippen molar-refractivity contribution >= 4 is 11.9 Å². The van der Waals surface area contributed by atoms with E-state index in [9.17, 15) is 9.59 Å². The molecule has 128 valence electrons. The third-order valence-electron chi connectivity index (χ3n) is 4.08. The van der Waals surface area contributed by atoms with E-state index < -0.39 is 12.1 Å². The number of hydrogen-bond acceptors (Lipinski definition) is 7. The zero-order valence-electron chi connectivity index (χ0n) is 13.9. The van der Waals surface area contributed by atoms with Crippen LogP contribution in [0.5, 0.6) is 0 Å². The van der Waals surface area contributed by atoms with E-state index in [0.29, 0.717) is 5.69 Å². The lowest BCUT2D eigenvalue weighted by Gasteiger charge is -2.33. The number of aromatic nitrogens is 3. The van der Waals surface area contributed by atoms with Crippen LogP contribution in [-0.4, -0.2) is 58.1 Å². The number of nitrogens with zero attached hydrogens (tertiary/aromatic N) is 4. The molecule has 1 fully saturated rings. The molecule has 23 heavy (non-hydrogen) atoms. The maximum absolute atomic E-state index is 12.4. The molecular formula is C15H24N4O4. The van der Waals surface area contributed by atoms with E-state index in [1.165, 1.54) is 11.8 Å². The number of esters is 2. The van der Waals surface area contributed by atoms with Crippen LogP contribution in [0, 0.1) is 0 Å². The summed E-state index contributed by atoms with van der Waals surface area (Å²) in [5.41, 5.74) is 0.515. The number of likely N-dealkylation sites (tertiary alicyclic amines) is 1. The Bertz CT molecular complexity index is 545. The number of methoxy groups -OCH3 is 1. The van der Waals surface area contributed by atoms with Gasteiger partial charge in [0, 0.05) is 0 Å². The Labute approximate surface area is 135 Å². The molecule has 2 rings (SSSR count). The predicted octanol–water partition coefficient (Wildman–Crippen LogP) is 0.930. The maximum Gasteiger partial charge on any atom is 0.327 e. The second-order valence-corrected chi connectivity index (χ2v) is 5.64. The molecule has 0 amide bonds. The van der Waals surface area contributed by atoms with Crippen LogP contribution in [0.25, 0.3) is 0 Å². The van der Waals surface area contributed by atoms with Crippen molar-refractivity contribution in [1.82, 2.24) is 19.9 Å². The van der Waals surface area contributed by atoms with Gasteiger partial charge in [0.15, 0.2) is 0 Å². The first-order chi connectivity index (χ1) is 11.0. The third-order valence-corrected chi connectivity index (χ3v) is 4.08. The van der Waals surface area contributed by atoms with Gasteiger partial charge in [0.05, 0.1) is 13.3 Å². The lowest BCUT2D eigenvalue weighted by molar-refractivity contribution is -0.156. The summed E-state index contributed by atoms with van der Waals surface area (Å²) in [5, 5.41) is 7.80. The highest BCUT2D eigenvalue weighted by Gasteiger charge is 2.30.